The Morgan fingerprint density at radius 2 is 1.68 bits per heavy atom. The van der Waals surface area contributed by atoms with Crippen molar-refractivity contribution in [3.8, 4) is 5.75 Å². The monoisotopic (exact) mass is 264 g/mol. The van der Waals surface area contributed by atoms with Crippen LogP contribution >= 0.6 is 0 Å². The highest BCUT2D eigenvalue weighted by molar-refractivity contribution is 5.47. The molecule has 0 fully saturated rings. The molecule has 108 valence electrons. The maximum absolute atomic E-state index is 5.89. The molecule has 0 aromatic heterocycles. The Morgan fingerprint density at radius 3 is 2.16 bits per heavy atom. The average Bonchev–Trinajstić information content (AvgIpc) is 2.27. The summed E-state index contributed by atoms with van der Waals surface area (Å²) in [5, 5.41) is 0. The predicted molar refractivity (Wildman–Crippen MR) is 82.4 cm³/mol. The van der Waals surface area contributed by atoms with E-state index < -0.39 is 0 Å². The molecule has 1 rings (SSSR count). The number of nitrogens with zero attached hydrogens (tertiary/aromatic N) is 1. The van der Waals surface area contributed by atoms with Crippen LogP contribution in [0.4, 0.5) is 5.69 Å². The van der Waals surface area contributed by atoms with Crippen molar-refractivity contribution in [3.63, 3.8) is 0 Å². The fraction of sp³-hybridized carbons (Fsp3) is 0.625. The second-order valence-corrected chi connectivity index (χ2v) is 6.05. The third kappa shape index (κ3) is 5.52. The fourth-order valence-electron chi connectivity index (χ4n) is 2.40. The van der Waals surface area contributed by atoms with Crippen LogP contribution in [0.5, 0.6) is 5.75 Å². The smallest absolute Gasteiger partial charge is 0.123 e. The van der Waals surface area contributed by atoms with Gasteiger partial charge in [-0.05, 0) is 30.0 Å². The van der Waals surface area contributed by atoms with Gasteiger partial charge in [-0.15, -0.1) is 0 Å². The number of benzene rings is 1. The molecule has 0 spiro atoms. The van der Waals surface area contributed by atoms with Crippen molar-refractivity contribution >= 4 is 5.69 Å². The first kappa shape index (κ1) is 15.8. The van der Waals surface area contributed by atoms with Crippen molar-refractivity contribution in [2.24, 2.45) is 11.8 Å². The molecule has 0 saturated heterocycles. The molecule has 0 saturated carbocycles. The van der Waals surface area contributed by atoms with Crippen molar-refractivity contribution in [1.29, 1.82) is 0 Å². The second kappa shape index (κ2) is 7.39. The van der Waals surface area contributed by atoms with Gasteiger partial charge in [-0.1, -0.05) is 27.7 Å². The van der Waals surface area contributed by atoms with E-state index in [-0.39, 0.29) is 0 Å². The lowest BCUT2D eigenvalue weighted by atomic mass is 10.1. The van der Waals surface area contributed by atoms with Gasteiger partial charge in [0.15, 0.2) is 0 Å². The molecule has 0 bridgehead atoms. The van der Waals surface area contributed by atoms with Crippen LogP contribution in [0.2, 0.25) is 0 Å². The third-order valence-electron chi connectivity index (χ3n) is 2.95. The Kier molecular flexibility index (Phi) is 6.16. The van der Waals surface area contributed by atoms with Gasteiger partial charge in [0.05, 0.1) is 7.11 Å². The fourth-order valence-corrected chi connectivity index (χ4v) is 2.40. The molecule has 0 aliphatic carbocycles. The molecule has 19 heavy (non-hydrogen) atoms. The van der Waals surface area contributed by atoms with Gasteiger partial charge in [-0.2, -0.15) is 0 Å². The molecular formula is C16H28N2O. The molecule has 3 heteroatoms. The largest absolute Gasteiger partial charge is 0.496 e. The quantitative estimate of drug-likeness (QED) is 0.767. The first-order valence-corrected chi connectivity index (χ1v) is 7.07. The molecule has 0 radical (unpaired) electrons. The number of rotatable bonds is 7. The number of nitrogen functional groups attached to an aromatic ring is 1. The van der Waals surface area contributed by atoms with Crippen molar-refractivity contribution < 1.29 is 4.74 Å². The molecule has 0 aliphatic rings. The van der Waals surface area contributed by atoms with Gasteiger partial charge in [-0.3, -0.25) is 4.90 Å². The summed E-state index contributed by atoms with van der Waals surface area (Å²) in [4.78, 5) is 2.48. The molecule has 0 aliphatic heterocycles. The van der Waals surface area contributed by atoms with E-state index in [1.807, 2.05) is 18.2 Å². The molecule has 0 heterocycles. The summed E-state index contributed by atoms with van der Waals surface area (Å²) in [5.41, 5.74) is 7.85. The maximum atomic E-state index is 5.89. The summed E-state index contributed by atoms with van der Waals surface area (Å²) in [6.45, 7) is 12.1. The van der Waals surface area contributed by atoms with Gasteiger partial charge < -0.3 is 10.5 Å². The summed E-state index contributed by atoms with van der Waals surface area (Å²) in [5.74, 6) is 2.24. The molecule has 0 amide bonds. The number of hydrogen-bond acceptors (Lipinski definition) is 3. The minimum atomic E-state index is 0.658. The molecule has 2 N–H and O–H groups in total. The lowest BCUT2D eigenvalue weighted by Crippen LogP contribution is -2.31. The summed E-state index contributed by atoms with van der Waals surface area (Å²) < 4.78 is 5.43. The van der Waals surface area contributed by atoms with Crippen molar-refractivity contribution in [2.45, 2.75) is 34.2 Å². The molecule has 3 nitrogen and oxygen atoms in total. The Morgan fingerprint density at radius 1 is 1.11 bits per heavy atom. The molecule has 1 aromatic rings. The van der Waals surface area contributed by atoms with E-state index in [1.165, 1.54) is 5.56 Å². The van der Waals surface area contributed by atoms with Crippen LogP contribution in [0, 0.1) is 11.8 Å². The van der Waals surface area contributed by atoms with Gasteiger partial charge >= 0.3 is 0 Å². The number of ether oxygens (including phenoxy) is 1. The van der Waals surface area contributed by atoms with E-state index in [4.69, 9.17) is 10.5 Å². The lowest BCUT2D eigenvalue weighted by molar-refractivity contribution is 0.209. The highest BCUT2D eigenvalue weighted by atomic mass is 16.5. The zero-order valence-corrected chi connectivity index (χ0v) is 12.9. The van der Waals surface area contributed by atoms with Gasteiger partial charge in [0, 0.05) is 30.9 Å². The summed E-state index contributed by atoms with van der Waals surface area (Å²) in [6.07, 6.45) is 0. The highest BCUT2D eigenvalue weighted by Gasteiger charge is 2.13. The van der Waals surface area contributed by atoms with Crippen LogP contribution in [0.3, 0.4) is 0 Å². The van der Waals surface area contributed by atoms with Gasteiger partial charge in [-0.25, -0.2) is 0 Å². The zero-order valence-electron chi connectivity index (χ0n) is 12.9. The van der Waals surface area contributed by atoms with E-state index in [0.29, 0.717) is 11.8 Å². The van der Waals surface area contributed by atoms with Crippen molar-refractivity contribution in [2.75, 3.05) is 25.9 Å². The van der Waals surface area contributed by atoms with Crippen LogP contribution < -0.4 is 10.5 Å². The third-order valence-corrected chi connectivity index (χ3v) is 2.95. The molecule has 1 aromatic carbocycles. The van der Waals surface area contributed by atoms with E-state index in [9.17, 15) is 0 Å². The summed E-state index contributed by atoms with van der Waals surface area (Å²) in [7, 11) is 1.71. The van der Waals surface area contributed by atoms with Crippen molar-refractivity contribution in [1.82, 2.24) is 4.90 Å². The maximum Gasteiger partial charge on any atom is 0.123 e. The van der Waals surface area contributed by atoms with Gasteiger partial charge in [0.1, 0.15) is 5.75 Å². The minimum absolute atomic E-state index is 0.658. The normalized spacial score (nSPS) is 11.6. The first-order chi connectivity index (χ1) is 8.92. The van der Waals surface area contributed by atoms with E-state index in [0.717, 1.165) is 31.1 Å². The minimum Gasteiger partial charge on any atom is -0.496 e. The molecule has 0 unspecified atom stereocenters. The number of hydrogen-bond donors (Lipinski definition) is 1. The Labute approximate surface area is 117 Å². The van der Waals surface area contributed by atoms with E-state index >= 15 is 0 Å². The second-order valence-electron chi connectivity index (χ2n) is 6.05. The SMILES string of the molecule is COc1ccc(N)cc1CN(CC(C)C)CC(C)C. The van der Waals surface area contributed by atoms with Crippen LogP contribution in [0.1, 0.15) is 33.3 Å². The first-order valence-electron chi connectivity index (χ1n) is 7.07. The van der Waals surface area contributed by atoms with Crippen LogP contribution in [-0.2, 0) is 6.54 Å². The number of methoxy groups -OCH3 is 1. The Hall–Kier alpha value is -1.22. The Bertz CT molecular complexity index is 378. The average molecular weight is 264 g/mol. The van der Waals surface area contributed by atoms with Crippen LogP contribution in [-0.4, -0.2) is 25.1 Å². The molecule has 0 atom stereocenters. The van der Waals surface area contributed by atoms with E-state index in [1.54, 1.807) is 7.11 Å². The summed E-state index contributed by atoms with van der Waals surface area (Å²) >= 11 is 0. The zero-order chi connectivity index (χ0) is 14.4. The van der Waals surface area contributed by atoms with Gasteiger partial charge in [0.2, 0.25) is 0 Å². The van der Waals surface area contributed by atoms with Gasteiger partial charge in [0.25, 0.3) is 0 Å². The van der Waals surface area contributed by atoms with Crippen molar-refractivity contribution in [3.05, 3.63) is 23.8 Å². The predicted octanol–water partition coefficient (Wildman–Crippen LogP) is 3.39. The van der Waals surface area contributed by atoms with Crippen LogP contribution in [0.25, 0.3) is 0 Å². The topological polar surface area (TPSA) is 38.5 Å². The standard InChI is InChI=1S/C16H28N2O/c1-12(2)9-18(10-13(3)4)11-14-8-15(17)6-7-16(14)19-5/h6-8,12-13H,9-11,17H2,1-5H3. The number of nitrogens with two attached hydrogens (primary N) is 1. The van der Waals surface area contributed by atoms with E-state index in [2.05, 4.69) is 32.6 Å². The lowest BCUT2D eigenvalue weighted by Gasteiger charge is -2.27. The highest BCUT2D eigenvalue weighted by Crippen LogP contribution is 2.23. The Balaban J connectivity index is 2.85. The molecular weight excluding hydrogens is 236 g/mol. The van der Waals surface area contributed by atoms with Crippen LogP contribution in [0.15, 0.2) is 18.2 Å². The summed E-state index contributed by atoms with van der Waals surface area (Å²) in [6, 6.07) is 5.86. The number of anilines is 1.